The zero-order chi connectivity index (χ0) is 18.3. The number of hydrogen-bond acceptors (Lipinski definition) is 4. The average molecular weight is 407 g/mol. The molecule has 4 rings (SSSR count). The molecule has 140 valence electrons. The summed E-state index contributed by atoms with van der Waals surface area (Å²) in [6, 6.07) is 0. The Kier molecular flexibility index (Phi) is 3.87. The molecule has 0 aromatic heterocycles. The van der Waals surface area contributed by atoms with Crippen molar-refractivity contribution in [1.29, 1.82) is 0 Å². The van der Waals surface area contributed by atoms with Gasteiger partial charge in [0.2, 0.25) is 46.5 Å². The molecule has 0 fully saturated rings. The van der Waals surface area contributed by atoms with Crippen LogP contribution < -0.4 is 18.1 Å². The van der Waals surface area contributed by atoms with E-state index in [0.717, 1.165) is 0 Å². The fraction of sp³-hybridized carbons (Fsp3) is 0.0769. The Morgan fingerprint density at radius 1 is 0.385 bits per heavy atom. The normalized spacial score (nSPS) is 15.4. The van der Waals surface area contributed by atoms with Crippen LogP contribution in [0.25, 0.3) is 0 Å². The molecule has 0 N–H and O–H groups in total. The minimum Gasteiger partial charge on any atom is -0.233 e. The summed E-state index contributed by atoms with van der Waals surface area (Å²) in [6.45, 7) is 0. The molecule has 2 aliphatic heterocycles. The molecule has 0 amide bonds. The molecule has 2 aromatic rings. The minimum atomic E-state index is -4.58. The molecule has 0 unspecified atom stereocenters. The van der Waals surface area contributed by atoms with Crippen molar-refractivity contribution in [3.05, 3.63) is 46.5 Å². The molecule has 0 aliphatic carbocycles. The van der Waals surface area contributed by atoms with Crippen molar-refractivity contribution in [1.82, 2.24) is 0 Å². The highest BCUT2D eigenvalue weighted by Gasteiger charge is 2.70. The Bertz CT molecular complexity index is 812. The number of fused-ring (bicyclic) bond motifs is 2. The van der Waals surface area contributed by atoms with Gasteiger partial charge in [0.15, 0.2) is 0 Å². The summed E-state index contributed by atoms with van der Waals surface area (Å²) in [5.74, 6) is -22.5. The molecule has 2 aliphatic rings. The van der Waals surface area contributed by atoms with Crippen LogP contribution in [-0.2, 0) is 0 Å². The molecule has 0 atom stereocenters. The van der Waals surface area contributed by atoms with Crippen molar-refractivity contribution in [3.8, 4) is 23.0 Å². The monoisotopic (exact) mass is 407 g/mol. The molecular weight excluding hydrogens is 403 g/mol. The van der Waals surface area contributed by atoms with Crippen molar-refractivity contribution in [2.45, 2.75) is 7.43 Å². The Balaban J connectivity index is 0.00000196. The fourth-order valence-electron chi connectivity index (χ4n) is 2.07. The maximum atomic E-state index is 13.6. The summed E-state index contributed by atoms with van der Waals surface area (Å²) in [7, 11) is -4.58. The zero-order valence-electron chi connectivity index (χ0n) is 11.1. The number of halogens is 8. The number of rotatable bonds is 0. The standard InChI is InChI=1S/C12F8O4P.CH4/c13-1-2(14)6(18)10-9(5(1)17)21-25(22-10)23-11-7(19)3(15)4(16)8(20)12(11)24-25;/h;1H4/q+1;. The van der Waals surface area contributed by atoms with Crippen molar-refractivity contribution < 1.29 is 53.2 Å². The van der Waals surface area contributed by atoms with Crippen LogP contribution in [0, 0.1) is 46.5 Å². The summed E-state index contributed by atoms with van der Waals surface area (Å²) >= 11 is 0. The zero-order valence-corrected chi connectivity index (χ0v) is 12.0. The van der Waals surface area contributed by atoms with Gasteiger partial charge in [0, 0.05) is 0 Å². The van der Waals surface area contributed by atoms with E-state index in [1.54, 1.807) is 0 Å². The summed E-state index contributed by atoms with van der Waals surface area (Å²) in [6.07, 6.45) is 0. The molecule has 0 saturated heterocycles. The molecule has 13 heteroatoms. The van der Waals surface area contributed by atoms with E-state index in [-0.39, 0.29) is 7.43 Å². The molecule has 1 spiro atoms. The predicted molar refractivity (Wildman–Crippen MR) is 68.7 cm³/mol. The van der Waals surface area contributed by atoms with Crippen LogP contribution in [0.2, 0.25) is 0 Å². The van der Waals surface area contributed by atoms with Crippen LogP contribution in [0.5, 0.6) is 23.0 Å². The molecule has 2 aromatic carbocycles. The minimum absolute atomic E-state index is 0. The maximum absolute atomic E-state index is 13.6. The van der Waals surface area contributed by atoms with Crippen LogP contribution in [0.4, 0.5) is 35.1 Å². The van der Waals surface area contributed by atoms with Crippen LogP contribution >= 0.6 is 8.17 Å². The van der Waals surface area contributed by atoms with E-state index in [0.29, 0.717) is 0 Å². The largest absolute Gasteiger partial charge is 0.767 e. The van der Waals surface area contributed by atoms with E-state index >= 15 is 0 Å². The SMILES string of the molecule is C.Fc1c(F)c(F)c2c(c1F)O[P+]1(O2)Oc2c(F)c(F)c(F)c(F)c2O1. The van der Waals surface area contributed by atoms with Gasteiger partial charge in [-0.25, -0.2) is 35.7 Å². The highest BCUT2D eigenvalue weighted by atomic mass is 31.2. The van der Waals surface area contributed by atoms with E-state index in [4.69, 9.17) is 0 Å². The number of benzene rings is 2. The van der Waals surface area contributed by atoms with Gasteiger partial charge in [-0.2, -0.15) is 17.6 Å². The van der Waals surface area contributed by atoms with Gasteiger partial charge in [-0.05, 0) is 0 Å². The van der Waals surface area contributed by atoms with Gasteiger partial charge in [-0.1, -0.05) is 7.43 Å². The second-order valence-electron chi connectivity index (χ2n) is 4.64. The molecule has 0 radical (unpaired) electrons. The Hall–Kier alpha value is -2.49. The van der Waals surface area contributed by atoms with E-state index in [1.807, 2.05) is 0 Å². The Morgan fingerprint density at radius 2 is 0.577 bits per heavy atom. The van der Waals surface area contributed by atoms with Gasteiger partial charge in [0.25, 0.3) is 23.0 Å². The van der Waals surface area contributed by atoms with Crippen molar-refractivity contribution in [3.63, 3.8) is 0 Å². The van der Waals surface area contributed by atoms with Crippen molar-refractivity contribution in [2.24, 2.45) is 0 Å². The summed E-state index contributed by atoms with van der Waals surface area (Å²) in [4.78, 5) is 0. The lowest BCUT2D eigenvalue weighted by atomic mass is 10.2. The van der Waals surface area contributed by atoms with Gasteiger partial charge < -0.3 is 0 Å². The third-order valence-electron chi connectivity index (χ3n) is 3.18. The first-order valence-corrected chi connectivity index (χ1v) is 7.52. The highest BCUT2D eigenvalue weighted by molar-refractivity contribution is 7.58. The predicted octanol–water partition coefficient (Wildman–Crippen LogP) is 5.36. The van der Waals surface area contributed by atoms with Gasteiger partial charge in [-0.3, -0.25) is 0 Å². The summed E-state index contributed by atoms with van der Waals surface area (Å²) in [5.41, 5.74) is 0. The van der Waals surface area contributed by atoms with Crippen molar-refractivity contribution >= 4 is 8.17 Å². The van der Waals surface area contributed by atoms with Gasteiger partial charge in [0.1, 0.15) is 0 Å². The van der Waals surface area contributed by atoms with Crippen molar-refractivity contribution in [2.75, 3.05) is 0 Å². The molecule has 4 nitrogen and oxygen atoms in total. The second kappa shape index (κ2) is 5.50. The van der Waals surface area contributed by atoms with Gasteiger partial charge in [-0.15, -0.1) is 0 Å². The van der Waals surface area contributed by atoms with Crippen LogP contribution in [0.15, 0.2) is 0 Å². The Labute approximate surface area is 139 Å². The summed E-state index contributed by atoms with van der Waals surface area (Å²) in [5, 5.41) is 0. The van der Waals surface area contributed by atoms with E-state index in [2.05, 4.69) is 18.1 Å². The highest BCUT2D eigenvalue weighted by Crippen LogP contribution is 2.74. The third-order valence-corrected chi connectivity index (χ3v) is 4.80. The smallest absolute Gasteiger partial charge is 0.233 e. The molecule has 26 heavy (non-hydrogen) atoms. The first-order chi connectivity index (χ1) is 11.7. The van der Waals surface area contributed by atoms with Gasteiger partial charge >= 0.3 is 8.17 Å². The fourth-order valence-corrected chi connectivity index (χ4v) is 3.84. The van der Waals surface area contributed by atoms with E-state index in [9.17, 15) is 35.1 Å². The Morgan fingerprint density at radius 3 is 0.769 bits per heavy atom. The topological polar surface area (TPSA) is 36.9 Å². The first-order valence-electron chi connectivity index (χ1n) is 6.06. The molecule has 2 heterocycles. The molecule has 0 bridgehead atoms. The summed E-state index contributed by atoms with van der Waals surface area (Å²) < 4.78 is 126. The average Bonchev–Trinajstić information content (AvgIpc) is 3.16. The maximum Gasteiger partial charge on any atom is 0.767 e. The quantitative estimate of drug-likeness (QED) is 0.255. The van der Waals surface area contributed by atoms with Crippen LogP contribution in [-0.4, -0.2) is 0 Å². The lowest BCUT2D eigenvalue weighted by Gasteiger charge is -2.03. The van der Waals surface area contributed by atoms with Crippen LogP contribution in [0.1, 0.15) is 7.43 Å². The van der Waals surface area contributed by atoms with Crippen LogP contribution in [0.3, 0.4) is 0 Å². The third kappa shape index (κ3) is 2.11. The van der Waals surface area contributed by atoms with E-state index < -0.39 is 77.7 Å². The lowest BCUT2D eigenvalue weighted by Crippen LogP contribution is -2.10. The molecular formula is C13H4F8O4P+. The first kappa shape index (κ1) is 18.3. The lowest BCUT2D eigenvalue weighted by molar-refractivity contribution is 0.320. The molecule has 0 saturated carbocycles. The number of hydrogen-bond donors (Lipinski definition) is 0. The van der Waals surface area contributed by atoms with Gasteiger partial charge in [0.05, 0.1) is 0 Å². The second-order valence-corrected chi connectivity index (χ2v) is 6.27. The van der Waals surface area contributed by atoms with E-state index in [1.165, 1.54) is 0 Å².